The number of halogens is 2. The first kappa shape index (κ1) is 25.1. The lowest BCUT2D eigenvalue weighted by molar-refractivity contribution is -0.122. The highest BCUT2D eigenvalue weighted by molar-refractivity contribution is 6.40. The summed E-state index contributed by atoms with van der Waals surface area (Å²) >= 11 is 12.5. The molecule has 1 N–H and O–H groups in total. The number of rotatable bonds is 7. The molecular weight excluding hydrogens is 507 g/mol. The van der Waals surface area contributed by atoms with E-state index in [9.17, 15) is 14.4 Å². The monoisotopic (exact) mass is 526 g/mol. The molecule has 3 aromatic carbocycles. The molecule has 0 radical (unpaired) electrons. The van der Waals surface area contributed by atoms with E-state index in [2.05, 4.69) is 5.32 Å². The van der Waals surface area contributed by atoms with E-state index in [1.807, 2.05) is 30.3 Å². The first-order valence-electron chi connectivity index (χ1n) is 10.6. The highest BCUT2D eigenvalue weighted by Crippen LogP contribution is 2.39. The second-order valence-electron chi connectivity index (χ2n) is 7.58. The second-order valence-corrected chi connectivity index (χ2v) is 8.39. The Morgan fingerprint density at radius 3 is 2.22 bits per heavy atom. The van der Waals surface area contributed by atoms with Crippen molar-refractivity contribution in [3.05, 3.63) is 87.4 Å². The summed E-state index contributed by atoms with van der Waals surface area (Å²) in [4.78, 5) is 39.3. The van der Waals surface area contributed by atoms with Crippen LogP contribution in [0.2, 0.25) is 10.0 Å². The van der Waals surface area contributed by atoms with Crippen LogP contribution in [0.1, 0.15) is 11.1 Å². The van der Waals surface area contributed by atoms with Crippen LogP contribution in [-0.2, 0) is 16.2 Å². The maximum atomic E-state index is 13.3. The van der Waals surface area contributed by atoms with Gasteiger partial charge in [-0.1, -0.05) is 59.6 Å². The lowest BCUT2D eigenvalue weighted by atomic mass is 10.1. The molecule has 0 saturated carbocycles. The number of methoxy groups -OCH3 is 2. The number of imide groups is 2. The molecule has 36 heavy (non-hydrogen) atoms. The lowest BCUT2D eigenvalue weighted by Gasteiger charge is -2.28. The van der Waals surface area contributed by atoms with E-state index in [0.29, 0.717) is 22.9 Å². The Balaban J connectivity index is 1.63. The fourth-order valence-electron chi connectivity index (χ4n) is 3.52. The van der Waals surface area contributed by atoms with Gasteiger partial charge in [0.2, 0.25) is 0 Å². The van der Waals surface area contributed by atoms with E-state index in [1.165, 1.54) is 32.4 Å². The van der Waals surface area contributed by atoms with Gasteiger partial charge in [0, 0.05) is 12.1 Å². The van der Waals surface area contributed by atoms with Crippen LogP contribution < -0.4 is 24.4 Å². The molecule has 0 bridgehead atoms. The van der Waals surface area contributed by atoms with Crippen LogP contribution in [0.25, 0.3) is 6.08 Å². The smallest absolute Gasteiger partial charge is 0.336 e. The number of carbonyl (C=O) groups is 3. The summed E-state index contributed by atoms with van der Waals surface area (Å²) in [7, 11) is 2.75. The minimum Gasteiger partial charge on any atom is -0.495 e. The van der Waals surface area contributed by atoms with Crippen molar-refractivity contribution in [2.24, 2.45) is 0 Å². The van der Waals surface area contributed by atoms with E-state index in [-0.39, 0.29) is 27.8 Å². The highest BCUT2D eigenvalue weighted by Gasteiger charge is 2.38. The van der Waals surface area contributed by atoms with Crippen LogP contribution in [-0.4, -0.2) is 32.1 Å². The minimum absolute atomic E-state index is 0.0577. The number of urea groups is 1. The topological polar surface area (TPSA) is 94.2 Å². The van der Waals surface area contributed by atoms with Gasteiger partial charge in [-0.2, -0.15) is 0 Å². The van der Waals surface area contributed by atoms with Gasteiger partial charge < -0.3 is 14.2 Å². The molecule has 1 aliphatic rings. The Morgan fingerprint density at radius 1 is 0.861 bits per heavy atom. The van der Waals surface area contributed by atoms with Crippen LogP contribution in [0.4, 0.5) is 10.5 Å². The third kappa shape index (κ3) is 5.15. The molecule has 3 aromatic rings. The minimum atomic E-state index is -0.937. The Morgan fingerprint density at radius 2 is 1.56 bits per heavy atom. The zero-order valence-corrected chi connectivity index (χ0v) is 20.7. The summed E-state index contributed by atoms with van der Waals surface area (Å²) in [5.41, 5.74) is 1.21. The Kier molecular flexibility index (Phi) is 7.47. The maximum absolute atomic E-state index is 13.3. The molecular formula is C26H20Cl2N2O6. The van der Waals surface area contributed by atoms with Gasteiger partial charge in [0.25, 0.3) is 11.8 Å². The number of nitrogens with zero attached hydrogens (tertiary/aromatic N) is 1. The summed E-state index contributed by atoms with van der Waals surface area (Å²) < 4.78 is 16.3. The molecule has 4 amide bonds. The second kappa shape index (κ2) is 10.7. The Labute approximate surface area is 217 Å². The predicted octanol–water partition coefficient (Wildman–Crippen LogP) is 5.26. The van der Waals surface area contributed by atoms with Crippen LogP contribution >= 0.6 is 23.2 Å². The van der Waals surface area contributed by atoms with Crippen LogP contribution in [0.15, 0.2) is 66.2 Å². The van der Waals surface area contributed by atoms with Gasteiger partial charge in [0.15, 0.2) is 0 Å². The Hall–Kier alpha value is -4.01. The molecule has 184 valence electrons. The van der Waals surface area contributed by atoms with Crippen molar-refractivity contribution in [2.75, 3.05) is 19.1 Å². The third-order valence-corrected chi connectivity index (χ3v) is 5.89. The van der Waals surface area contributed by atoms with E-state index in [1.54, 1.807) is 18.2 Å². The lowest BCUT2D eigenvalue weighted by Crippen LogP contribution is -2.54. The average molecular weight is 527 g/mol. The molecule has 0 spiro atoms. The van der Waals surface area contributed by atoms with Crippen LogP contribution in [0.3, 0.4) is 0 Å². The van der Waals surface area contributed by atoms with Crippen molar-refractivity contribution in [3.8, 4) is 17.2 Å². The number of ether oxygens (including phenoxy) is 3. The van der Waals surface area contributed by atoms with E-state index in [4.69, 9.17) is 37.4 Å². The van der Waals surface area contributed by atoms with Crippen LogP contribution in [0.5, 0.6) is 17.2 Å². The zero-order chi connectivity index (χ0) is 25.8. The van der Waals surface area contributed by atoms with Gasteiger partial charge in [0.1, 0.15) is 29.4 Å². The van der Waals surface area contributed by atoms with Gasteiger partial charge in [-0.25, -0.2) is 9.69 Å². The van der Waals surface area contributed by atoms with E-state index in [0.717, 1.165) is 10.5 Å². The van der Waals surface area contributed by atoms with Crippen molar-refractivity contribution in [1.82, 2.24) is 5.32 Å². The molecule has 0 atom stereocenters. The van der Waals surface area contributed by atoms with Gasteiger partial charge >= 0.3 is 6.03 Å². The average Bonchev–Trinajstić information content (AvgIpc) is 2.87. The molecule has 1 aliphatic heterocycles. The third-order valence-electron chi connectivity index (χ3n) is 5.30. The molecule has 0 unspecified atom stereocenters. The summed E-state index contributed by atoms with van der Waals surface area (Å²) in [6, 6.07) is 16.3. The van der Waals surface area contributed by atoms with Gasteiger partial charge in [-0.3, -0.25) is 14.9 Å². The molecule has 1 saturated heterocycles. The number of nitrogens with one attached hydrogen (secondary N) is 1. The first-order valence-corrected chi connectivity index (χ1v) is 11.4. The molecule has 1 heterocycles. The SMILES string of the molecule is COc1cc(N2C(=O)NC(=O)/C(=C\c3ccc(OCc4ccccc4)c(Cl)c3)C2=O)c(OC)cc1Cl. The van der Waals surface area contributed by atoms with Gasteiger partial charge in [-0.05, 0) is 29.3 Å². The number of hydrogen-bond donors (Lipinski definition) is 1. The van der Waals surface area contributed by atoms with Crippen molar-refractivity contribution in [2.45, 2.75) is 6.61 Å². The zero-order valence-electron chi connectivity index (χ0n) is 19.2. The number of hydrogen-bond acceptors (Lipinski definition) is 6. The molecule has 10 heteroatoms. The standard InChI is InChI=1S/C26H20Cl2N2O6/c1-34-22-13-20(23(35-2)12-19(22)28)30-25(32)17(24(31)29-26(30)33)10-16-8-9-21(18(27)11-16)36-14-15-6-4-3-5-7-15/h3-13H,14H2,1-2H3,(H,29,31,33)/b17-10+. The van der Waals surface area contributed by atoms with Crippen LogP contribution in [0, 0.1) is 0 Å². The number of anilines is 1. The summed E-state index contributed by atoms with van der Waals surface area (Å²) in [6.45, 7) is 0.325. The summed E-state index contributed by atoms with van der Waals surface area (Å²) in [5.74, 6) is -0.903. The largest absolute Gasteiger partial charge is 0.495 e. The maximum Gasteiger partial charge on any atom is 0.336 e. The van der Waals surface area contributed by atoms with E-state index >= 15 is 0 Å². The van der Waals surface area contributed by atoms with Crippen molar-refractivity contribution in [3.63, 3.8) is 0 Å². The number of carbonyl (C=O) groups excluding carboxylic acids is 3. The fraction of sp³-hybridized carbons (Fsp3) is 0.115. The molecule has 8 nitrogen and oxygen atoms in total. The Bertz CT molecular complexity index is 1370. The van der Waals surface area contributed by atoms with Gasteiger partial charge in [0.05, 0.1) is 30.0 Å². The normalized spacial score (nSPS) is 14.6. The van der Waals surface area contributed by atoms with Crippen molar-refractivity contribution in [1.29, 1.82) is 0 Å². The molecule has 0 aliphatic carbocycles. The first-order chi connectivity index (χ1) is 17.3. The number of amides is 4. The van der Waals surface area contributed by atoms with E-state index < -0.39 is 17.8 Å². The van der Waals surface area contributed by atoms with Crippen molar-refractivity contribution >= 4 is 52.8 Å². The summed E-state index contributed by atoms with van der Waals surface area (Å²) in [6.07, 6.45) is 1.34. The molecule has 0 aromatic heterocycles. The van der Waals surface area contributed by atoms with Crippen molar-refractivity contribution < 1.29 is 28.6 Å². The number of benzene rings is 3. The molecule has 4 rings (SSSR count). The highest BCUT2D eigenvalue weighted by atomic mass is 35.5. The summed E-state index contributed by atoms with van der Waals surface area (Å²) in [5, 5.41) is 2.68. The van der Waals surface area contributed by atoms with Gasteiger partial charge in [-0.15, -0.1) is 0 Å². The quantitative estimate of drug-likeness (QED) is 0.333. The molecule has 1 fully saturated rings. The fourth-order valence-corrected chi connectivity index (χ4v) is 4.00. The predicted molar refractivity (Wildman–Crippen MR) is 136 cm³/mol. The number of barbiturate groups is 1.